The highest BCUT2D eigenvalue weighted by Gasteiger charge is 2.66. The molecule has 1 aliphatic heterocycles. The van der Waals surface area contributed by atoms with E-state index in [0.29, 0.717) is 11.3 Å². The Bertz CT molecular complexity index is 515. The Morgan fingerprint density at radius 3 is 2.52 bits per heavy atom. The van der Waals surface area contributed by atoms with E-state index in [9.17, 15) is 18.0 Å². The van der Waals surface area contributed by atoms with Gasteiger partial charge < -0.3 is 15.2 Å². The number of halogens is 3. The van der Waals surface area contributed by atoms with Gasteiger partial charge in [-0.3, -0.25) is 4.79 Å². The van der Waals surface area contributed by atoms with Crippen LogP contribution in [0.4, 0.5) is 13.2 Å². The Kier molecular flexibility index (Phi) is 4.13. The summed E-state index contributed by atoms with van der Waals surface area (Å²) in [6.45, 7) is -0.565. The van der Waals surface area contributed by atoms with E-state index in [-0.39, 0.29) is 13.0 Å². The van der Waals surface area contributed by atoms with Crippen LogP contribution in [0.2, 0.25) is 0 Å². The molecule has 0 spiro atoms. The second-order valence-corrected chi connectivity index (χ2v) is 5.15. The SMILES string of the molecule is COc1ccc(CC2CNCC2(C(=O)O)C(F)(F)F)cc1. The quantitative estimate of drug-likeness (QED) is 0.894. The number of nitrogens with one attached hydrogen (secondary N) is 1. The molecule has 1 aromatic rings. The van der Waals surface area contributed by atoms with Crippen LogP contribution < -0.4 is 10.1 Å². The molecular formula is C14H16F3NO3. The van der Waals surface area contributed by atoms with Gasteiger partial charge in [0.25, 0.3) is 0 Å². The van der Waals surface area contributed by atoms with Crippen molar-refractivity contribution in [2.24, 2.45) is 11.3 Å². The third-order valence-corrected chi connectivity index (χ3v) is 4.02. The van der Waals surface area contributed by atoms with E-state index < -0.39 is 30.0 Å². The van der Waals surface area contributed by atoms with Crippen LogP contribution in [0, 0.1) is 11.3 Å². The van der Waals surface area contributed by atoms with Gasteiger partial charge in [-0.25, -0.2) is 0 Å². The van der Waals surface area contributed by atoms with Crippen molar-refractivity contribution in [1.82, 2.24) is 5.32 Å². The van der Waals surface area contributed by atoms with E-state index in [1.807, 2.05) is 0 Å². The number of carboxylic acid groups (broad SMARTS) is 1. The van der Waals surface area contributed by atoms with E-state index >= 15 is 0 Å². The van der Waals surface area contributed by atoms with Crippen molar-refractivity contribution in [1.29, 1.82) is 0 Å². The molecular weight excluding hydrogens is 287 g/mol. The zero-order valence-electron chi connectivity index (χ0n) is 11.4. The molecule has 1 fully saturated rings. The first-order valence-electron chi connectivity index (χ1n) is 6.45. The number of hydrogen-bond donors (Lipinski definition) is 2. The molecule has 1 aromatic carbocycles. The van der Waals surface area contributed by atoms with Gasteiger partial charge in [-0.1, -0.05) is 12.1 Å². The van der Waals surface area contributed by atoms with Gasteiger partial charge in [-0.2, -0.15) is 13.2 Å². The summed E-state index contributed by atoms with van der Waals surface area (Å²) in [4.78, 5) is 11.3. The molecule has 4 nitrogen and oxygen atoms in total. The highest BCUT2D eigenvalue weighted by molar-refractivity contribution is 5.77. The minimum absolute atomic E-state index is 0.0256. The first-order valence-corrected chi connectivity index (χ1v) is 6.45. The van der Waals surface area contributed by atoms with Gasteiger partial charge >= 0.3 is 12.1 Å². The van der Waals surface area contributed by atoms with E-state index in [4.69, 9.17) is 9.84 Å². The molecule has 1 aliphatic rings. The molecule has 2 atom stereocenters. The molecule has 116 valence electrons. The molecule has 7 heteroatoms. The van der Waals surface area contributed by atoms with Crippen LogP contribution in [0.1, 0.15) is 5.56 Å². The third-order valence-electron chi connectivity index (χ3n) is 4.02. The number of alkyl halides is 3. The fourth-order valence-electron chi connectivity index (χ4n) is 2.76. The summed E-state index contributed by atoms with van der Waals surface area (Å²) >= 11 is 0. The van der Waals surface area contributed by atoms with Crippen LogP contribution in [-0.2, 0) is 11.2 Å². The maximum Gasteiger partial charge on any atom is 0.406 e. The normalized spacial score (nSPS) is 25.8. The zero-order valence-corrected chi connectivity index (χ0v) is 11.4. The molecule has 0 aliphatic carbocycles. The Balaban J connectivity index is 2.26. The zero-order chi connectivity index (χ0) is 15.7. The Hall–Kier alpha value is -1.76. The lowest BCUT2D eigenvalue weighted by atomic mass is 9.74. The van der Waals surface area contributed by atoms with Crippen LogP contribution in [0.3, 0.4) is 0 Å². The number of aliphatic carboxylic acids is 1. The third kappa shape index (κ3) is 2.70. The summed E-state index contributed by atoms with van der Waals surface area (Å²) in [5, 5.41) is 11.7. The average molecular weight is 303 g/mol. The van der Waals surface area contributed by atoms with Crippen LogP contribution in [0.25, 0.3) is 0 Å². The van der Waals surface area contributed by atoms with Gasteiger partial charge in [0.2, 0.25) is 0 Å². The summed E-state index contributed by atoms with van der Waals surface area (Å²) < 4.78 is 44.9. The van der Waals surface area contributed by atoms with Crippen molar-refractivity contribution in [3.63, 3.8) is 0 Å². The lowest BCUT2D eigenvalue weighted by molar-refractivity contribution is -0.236. The molecule has 2 rings (SSSR count). The first-order chi connectivity index (χ1) is 9.81. The smallest absolute Gasteiger partial charge is 0.406 e. The topological polar surface area (TPSA) is 58.6 Å². The largest absolute Gasteiger partial charge is 0.497 e. The summed E-state index contributed by atoms with van der Waals surface area (Å²) in [5.74, 6) is -2.26. The molecule has 1 heterocycles. The monoisotopic (exact) mass is 303 g/mol. The van der Waals surface area contributed by atoms with Crippen molar-refractivity contribution in [3.05, 3.63) is 29.8 Å². The molecule has 0 amide bonds. The molecule has 2 N–H and O–H groups in total. The lowest BCUT2D eigenvalue weighted by Crippen LogP contribution is -2.51. The number of methoxy groups -OCH3 is 1. The molecule has 0 radical (unpaired) electrons. The molecule has 2 unspecified atom stereocenters. The molecule has 0 aromatic heterocycles. The summed E-state index contributed by atoms with van der Waals surface area (Å²) in [6.07, 6.45) is -4.75. The van der Waals surface area contributed by atoms with E-state index in [0.717, 1.165) is 0 Å². The second-order valence-electron chi connectivity index (χ2n) is 5.15. The van der Waals surface area contributed by atoms with Gasteiger partial charge in [0.15, 0.2) is 5.41 Å². The van der Waals surface area contributed by atoms with E-state index in [1.165, 1.54) is 7.11 Å². The van der Waals surface area contributed by atoms with Gasteiger partial charge in [0, 0.05) is 12.5 Å². The van der Waals surface area contributed by atoms with Crippen molar-refractivity contribution >= 4 is 5.97 Å². The van der Waals surface area contributed by atoms with Crippen molar-refractivity contribution < 1.29 is 27.8 Å². The van der Waals surface area contributed by atoms with Gasteiger partial charge in [0.1, 0.15) is 5.75 Å². The number of benzene rings is 1. The minimum atomic E-state index is -4.79. The number of carbonyl (C=O) groups is 1. The Labute approximate surface area is 119 Å². The van der Waals surface area contributed by atoms with Gasteiger partial charge in [-0.15, -0.1) is 0 Å². The fraction of sp³-hybridized carbons (Fsp3) is 0.500. The van der Waals surface area contributed by atoms with E-state index in [1.54, 1.807) is 24.3 Å². The highest BCUT2D eigenvalue weighted by atomic mass is 19.4. The fourth-order valence-corrected chi connectivity index (χ4v) is 2.76. The Morgan fingerprint density at radius 1 is 1.43 bits per heavy atom. The number of hydrogen-bond acceptors (Lipinski definition) is 3. The van der Waals surface area contributed by atoms with Crippen LogP contribution in [0.5, 0.6) is 5.75 Å². The maximum atomic E-state index is 13.3. The minimum Gasteiger partial charge on any atom is -0.497 e. The average Bonchev–Trinajstić information content (AvgIpc) is 2.84. The standard InChI is InChI=1S/C14H16F3NO3/c1-21-11-4-2-9(3-5-11)6-10-7-18-8-13(10,12(19)20)14(15,16)17/h2-5,10,18H,6-8H2,1H3,(H,19,20). The predicted molar refractivity (Wildman–Crippen MR) is 69.2 cm³/mol. The number of ether oxygens (including phenoxy) is 1. The van der Waals surface area contributed by atoms with Crippen LogP contribution in [0.15, 0.2) is 24.3 Å². The maximum absolute atomic E-state index is 13.3. The Morgan fingerprint density at radius 2 is 2.05 bits per heavy atom. The number of rotatable bonds is 4. The number of carboxylic acids is 1. The summed E-state index contributed by atoms with van der Waals surface area (Å²) in [6, 6.07) is 6.60. The molecule has 0 bridgehead atoms. The highest BCUT2D eigenvalue weighted by Crippen LogP contribution is 2.47. The van der Waals surface area contributed by atoms with Crippen molar-refractivity contribution in [3.8, 4) is 5.75 Å². The van der Waals surface area contributed by atoms with Crippen molar-refractivity contribution in [2.75, 3.05) is 20.2 Å². The van der Waals surface area contributed by atoms with Gasteiger partial charge in [0.05, 0.1) is 7.11 Å². The molecule has 0 saturated carbocycles. The van der Waals surface area contributed by atoms with Crippen LogP contribution in [-0.4, -0.2) is 37.5 Å². The molecule has 1 saturated heterocycles. The lowest BCUT2D eigenvalue weighted by Gasteiger charge is -2.32. The van der Waals surface area contributed by atoms with Crippen molar-refractivity contribution in [2.45, 2.75) is 12.6 Å². The van der Waals surface area contributed by atoms with E-state index in [2.05, 4.69) is 5.32 Å². The second kappa shape index (κ2) is 5.55. The first kappa shape index (κ1) is 15.6. The van der Waals surface area contributed by atoms with Crippen LogP contribution >= 0.6 is 0 Å². The summed E-state index contributed by atoms with van der Waals surface area (Å²) in [5.41, 5.74) is -2.08. The molecule has 21 heavy (non-hydrogen) atoms. The summed E-state index contributed by atoms with van der Waals surface area (Å²) in [7, 11) is 1.50. The van der Waals surface area contributed by atoms with Gasteiger partial charge in [-0.05, 0) is 30.7 Å². The predicted octanol–water partition coefficient (Wildman–Crippen LogP) is 2.09.